The van der Waals surface area contributed by atoms with Crippen LogP contribution in [0.1, 0.15) is 23.8 Å². The maximum Gasteiger partial charge on any atom is 0.135 e. The number of thiazole rings is 1. The van der Waals surface area contributed by atoms with Crippen molar-refractivity contribution in [1.82, 2.24) is 19.9 Å². The molecule has 1 aliphatic heterocycles. The number of aliphatic hydroxyl groups is 1. The van der Waals surface area contributed by atoms with Gasteiger partial charge in [-0.15, -0.1) is 11.3 Å². The van der Waals surface area contributed by atoms with Gasteiger partial charge in [0.15, 0.2) is 0 Å². The molecule has 0 aliphatic carbocycles. The van der Waals surface area contributed by atoms with Crippen molar-refractivity contribution in [3.63, 3.8) is 0 Å². The first-order chi connectivity index (χ1) is 14.1. The predicted octanol–water partition coefficient (Wildman–Crippen LogP) is 5.01. The van der Waals surface area contributed by atoms with E-state index in [2.05, 4.69) is 15.0 Å². The number of amidine groups is 1. The molecule has 0 radical (unpaired) electrons. The third-order valence-corrected chi connectivity index (χ3v) is 6.05. The molecule has 2 aromatic carbocycles. The molecule has 0 fully saturated rings. The van der Waals surface area contributed by atoms with E-state index in [4.69, 9.17) is 5.41 Å². The zero-order valence-corrected chi connectivity index (χ0v) is 16.6. The lowest BCUT2D eigenvalue weighted by molar-refractivity contribution is 0.304. The molecule has 2 aromatic heterocycles. The Morgan fingerprint density at radius 3 is 2.66 bits per heavy atom. The molecule has 29 heavy (non-hydrogen) atoms. The average Bonchev–Trinajstić information content (AvgIpc) is 3.45. The standard InChI is InChI=1S/C22H19N5OS/c1-13(21-24-15-9-5-6-10-16(15)25-21)27-11-18(28)19(20(27)23)22-26-17(12-29-22)14-7-3-2-4-8-14/h2-10,12-13,23,28H,11H2,1H3,(H,24,25)/t13-/m0/s1. The van der Waals surface area contributed by atoms with Crippen molar-refractivity contribution in [3.05, 3.63) is 76.6 Å². The lowest BCUT2D eigenvalue weighted by atomic mass is 10.2. The van der Waals surface area contributed by atoms with Crippen LogP contribution in [0.4, 0.5) is 0 Å². The Balaban J connectivity index is 1.43. The zero-order valence-electron chi connectivity index (χ0n) is 15.8. The van der Waals surface area contributed by atoms with E-state index in [9.17, 15) is 5.11 Å². The van der Waals surface area contributed by atoms with E-state index in [0.717, 1.165) is 28.1 Å². The summed E-state index contributed by atoms with van der Waals surface area (Å²) in [5, 5.41) is 21.9. The van der Waals surface area contributed by atoms with Gasteiger partial charge < -0.3 is 15.0 Å². The Kier molecular flexibility index (Phi) is 4.17. The summed E-state index contributed by atoms with van der Waals surface area (Å²) in [5.41, 5.74) is 4.23. The van der Waals surface area contributed by atoms with Gasteiger partial charge in [-0.1, -0.05) is 42.5 Å². The molecule has 3 heterocycles. The number of nitrogens with zero attached hydrogens (tertiary/aromatic N) is 3. The molecular formula is C22H19N5OS. The largest absolute Gasteiger partial charge is 0.510 e. The number of imidazole rings is 1. The highest BCUT2D eigenvalue weighted by Gasteiger charge is 2.34. The predicted molar refractivity (Wildman–Crippen MR) is 116 cm³/mol. The normalized spacial score (nSPS) is 15.5. The van der Waals surface area contributed by atoms with Gasteiger partial charge in [0, 0.05) is 10.9 Å². The molecule has 4 aromatic rings. The molecule has 0 saturated heterocycles. The van der Waals surface area contributed by atoms with E-state index in [1.165, 1.54) is 11.3 Å². The molecule has 144 valence electrons. The summed E-state index contributed by atoms with van der Waals surface area (Å²) in [6.45, 7) is 2.26. The van der Waals surface area contributed by atoms with Gasteiger partial charge in [0.1, 0.15) is 22.4 Å². The fraction of sp³-hybridized carbons (Fsp3) is 0.136. The van der Waals surface area contributed by atoms with Gasteiger partial charge in [-0.3, -0.25) is 5.41 Å². The average molecular weight is 401 g/mol. The highest BCUT2D eigenvalue weighted by atomic mass is 32.1. The highest BCUT2D eigenvalue weighted by Crippen LogP contribution is 2.35. The van der Waals surface area contributed by atoms with Crippen molar-refractivity contribution in [2.45, 2.75) is 13.0 Å². The van der Waals surface area contributed by atoms with Gasteiger partial charge in [-0.05, 0) is 19.1 Å². The second-order valence-corrected chi connectivity index (χ2v) is 7.88. The van der Waals surface area contributed by atoms with E-state index in [1.54, 1.807) is 0 Å². The van der Waals surface area contributed by atoms with Gasteiger partial charge in [0.2, 0.25) is 0 Å². The summed E-state index contributed by atoms with van der Waals surface area (Å²) < 4.78 is 0. The number of hydrogen-bond donors (Lipinski definition) is 3. The molecule has 0 spiro atoms. The first-order valence-corrected chi connectivity index (χ1v) is 10.2. The molecule has 1 atom stereocenters. The molecule has 6 nitrogen and oxygen atoms in total. The van der Waals surface area contributed by atoms with Gasteiger partial charge in [-0.2, -0.15) is 0 Å². The van der Waals surface area contributed by atoms with Crippen LogP contribution < -0.4 is 0 Å². The van der Waals surface area contributed by atoms with Crippen molar-refractivity contribution in [2.75, 3.05) is 6.54 Å². The van der Waals surface area contributed by atoms with Crippen molar-refractivity contribution < 1.29 is 5.11 Å². The number of benzene rings is 2. The molecule has 7 heteroatoms. The molecule has 0 unspecified atom stereocenters. The summed E-state index contributed by atoms with van der Waals surface area (Å²) in [4.78, 5) is 14.5. The quantitative estimate of drug-likeness (QED) is 0.448. The second-order valence-electron chi connectivity index (χ2n) is 7.02. The van der Waals surface area contributed by atoms with Crippen LogP contribution in [0.15, 0.2) is 65.7 Å². The van der Waals surface area contributed by atoms with Gasteiger partial charge in [0.05, 0.1) is 34.9 Å². The van der Waals surface area contributed by atoms with Crippen LogP contribution in [-0.4, -0.2) is 37.3 Å². The maximum absolute atomic E-state index is 10.6. The van der Waals surface area contributed by atoms with Crippen LogP contribution in [0.5, 0.6) is 0 Å². The summed E-state index contributed by atoms with van der Waals surface area (Å²) in [6, 6.07) is 17.6. The molecule has 0 bridgehead atoms. The van der Waals surface area contributed by atoms with Crippen LogP contribution in [0.25, 0.3) is 27.9 Å². The topological polar surface area (TPSA) is 88.9 Å². The Bertz CT molecular complexity index is 1210. The van der Waals surface area contributed by atoms with E-state index in [-0.39, 0.29) is 24.2 Å². The third-order valence-electron chi connectivity index (χ3n) is 5.19. The second kappa shape index (κ2) is 6.86. The summed E-state index contributed by atoms with van der Waals surface area (Å²) in [6.07, 6.45) is 0. The lowest BCUT2D eigenvalue weighted by Crippen LogP contribution is -2.30. The minimum atomic E-state index is -0.178. The smallest absolute Gasteiger partial charge is 0.135 e. The SMILES string of the molecule is C[C@@H](c1nc2ccccc2[nH]1)N1CC(O)=C(c2nc(-c3ccccc3)cs2)C1=N. The van der Waals surface area contributed by atoms with Crippen LogP contribution in [0.2, 0.25) is 0 Å². The minimum absolute atomic E-state index is 0.173. The van der Waals surface area contributed by atoms with Crippen LogP contribution in [0.3, 0.4) is 0 Å². The zero-order chi connectivity index (χ0) is 20.0. The minimum Gasteiger partial charge on any atom is -0.510 e. The Labute approximate surface area is 171 Å². The van der Waals surface area contributed by atoms with Gasteiger partial charge >= 0.3 is 0 Å². The number of rotatable bonds is 4. The number of nitrogens with one attached hydrogen (secondary N) is 2. The molecule has 3 N–H and O–H groups in total. The first-order valence-electron chi connectivity index (χ1n) is 9.35. The van der Waals surface area contributed by atoms with Gasteiger partial charge in [-0.25, -0.2) is 9.97 Å². The monoisotopic (exact) mass is 401 g/mol. The summed E-state index contributed by atoms with van der Waals surface area (Å²) in [5.74, 6) is 1.21. The van der Waals surface area contributed by atoms with Crippen molar-refractivity contribution in [3.8, 4) is 11.3 Å². The van der Waals surface area contributed by atoms with E-state index < -0.39 is 0 Å². The van der Waals surface area contributed by atoms with E-state index in [0.29, 0.717) is 10.6 Å². The number of aromatic nitrogens is 3. The highest BCUT2D eigenvalue weighted by molar-refractivity contribution is 7.11. The Morgan fingerprint density at radius 1 is 1.10 bits per heavy atom. The molecule has 0 amide bonds. The maximum atomic E-state index is 10.6. The van der Waals surface area contributed by atoms with Crippen LogP contribution in [-0.2, 0) is 0 Å². The number of aromatic amines is 1. The Hall–Kier alpha value is -3.45. The molecule has 0 saturated carbocycles. The number of H-pyrrole nitrogens is 1. The molecule has 5 rings (SSSR count). The fourth-order valence-electron chi connectivity index (χ4n) is 3.60. The fourth-order valence-corrected chi connectivity index (χ4v) is 4.50. The van der Waals surface area contributed by atoms with Crippen LogP contribution in [0, 0.1) is 5.41 Å². The van der Waals surface area contributed by atoms with Gasteiger partial charge in [0.25, 0.3) is 0 Å². The number of aliphatic hydroxyl groups excluding tert-OH is 1. The number of fused-ring (bicyclic) bond motifs is 1. The summed E-state index contributed by atoms with van der Waals surface area (Å²) >= 11 is 1.44. The third kappa shape index (κ3) is 3.00. The van der Waals surface area contributed by atoms with Crippen molar-refractivity contribution in [1.29, 1.82) is 5.41 Å². The Morgan fingerprint density at radius 2 is 1.86 bits per heavy atom. The van der Waals surface area contributed by atoms with Crippen molar-refractivity contribution in [2.24, 2.45) is 0 Å². The molecular weight excluding hydrogens is 382 g/mol. The molecule has 1 aliphatic rings. The lowest BCUT2D eigenvalue weighted by Gasteiger charge is -2.24. The number of para-hydroxylation sites is 2. The first kappa shape index (κ1) is 17.6. The van der Waals surface area contributed by atoms with E-state index >= 15 is 0 Å². The van der Waals surface area contributed by atoms with Crippen molar-refractivity contribution >= 4 is 33.8 Å². The van der Waals surface area contributed by atoms with E-state index in [1.807, 2.05) is 71.8 Å². The summed E-state index contributed by atoms with van der Waals surface area (Å²) in [7, 11) is 0. The van der Waals surface area contributed by atoms with Crippen LogP contribution >= 0.6 is 11.3 Å². The number of hydrogen-bond acceptors (Lipinski definition) is 5.